The van der Waals surface area contributed by atoms with Gasteiger partial charge in [0.15, 0.2) is 0 Å². The minimum Gasteiger partial charge on any atom is -0.445 e. The lowest BCUT2D eigenvalue weighted by molar-refractivity contribution is 0.139. The molecule has 0 unspecified atom stereocenters. The number of unbranched alkanes of at least 4 members (excludes halogenated alkanes) is 17. The third kappa shape index (κ3) is 27.3. The number of alkyl halides is 1. The Labute approximate surface area is 230 Å². The zero-order valence-corrected chi connectivity index (χ0v) is 24.8. The van der Waals surface area contributed by atoms with E-state index in [4.69, 9.17) is 9.47 Å². The Morgan fingerprint density at radius 1 is 0.583 bits per heavy atom. The molecular weight excluding hydrogens is 520 g/mol. The van der Waals surface area contributed by atoms with E-state index in [1.54, 1.807) is 0 Å². The van der Waals surface area contributed by atoms with Crippen molar-refractivity contribution in [3.05, 3.63) is 12.2 Å². The summed E-state index contributed by atoms with van der Waals surface area (Å²) in [7, 11) is 0. The Kier molecular flexibility index (Phi) is 27.4. The van der Waals surface area contributed by atoms with E-state index in [9.17, 15) is 9.59 Å². The molecule has 0 fully saturated rings. The summed E-state index contributed by atoms with van der Waals surface area (Å²) in [6.07, 6.45) is 23.4. The fraction of sp³-hybridized carbons (Fsp3) is 0.862. The van der Waals surface area contributed by atoms with Crippen molar-refractivity contribution in [2.45, 2.75) is 129 Å². The smallest absolute Gasteiger partial charge is 0.407 e. The standard InChI is InChI=1S/C29H55BrN2O4/c1-3-4-5-6-7-8-9-10-11-12-13-14-15-16-17-20-23-31-28(33)35-25-27(2)26-36-29(34)32-24-21-18-19-22-30/h2-26H2,1H3,(H,31,33)(H,32,34). The Balaban J connectivity index is 3.35. The SMILES string of the molecule is C=C(COC(=O)NCCCCCBr)COC(=O)NCCCCCCCCCCCCCCCCCC. The number of alkyl carbamates (subject to hydrolysis) is 2. The molecule has 0 aromatic rings. The van der Waals surface area contributed by atoms with Crippen LogP contribution >= 0.6 is 15.9 Å². The lowest BCUT2D eigenvalue weighted by Crippen LogP contribution is -2.28. The van der Waals surface area contributed by atoms with Gasteiger partial charge in [-0.15, -0.1) is 0 Å². The highest BCUT2D eigenvalue weighted by Gasteiger charge is 2.06. The molecule has 0 aliphatic rings. The van der Waals surface area contributed by atoms with Crippen LogP contribution in [0.15, 0.2) is 12.2 Å². The van der Waals surface area contributed by atoms with E-state index in [0.717, 1.165) is 37.4 Å². The third-order valence-electron chi connectivity index (χ3n) is 6.19. The number of halogens is 1. The number of ether oxygens (including phenoxy) is 2. The van der Waals surface area contributed by atoms with Crippen molar-refractivity contribution < 1.29 is 19.1 Å². The van der Waals surface area contributed by atoms with E-state index in [0.29, 0.717) is 18.7 Å². The molecule has 0 rings (SSSR count). The van der Waals surface area contributed by atoms with Crippen molar-refractivity contribution in [3.63, 3.8) is 0 Å². The van der Waals surface area contributed by atoms with Crippen molar-refractivity contribution in [3.8, 4) is 0 Å². The number of carbonyl (C=O) groups excluding carboxylic acids is 2. The van der Waals surface area contributed by atoms with Gasteiger partial charge in [0.1, 0.15) is 13.2 Å². The van der Waals surface area contributed by atoms with Crippen molar-refractivity contribution in [2.24, 2.45) is 0 Å². The van der Waals surface area contributed by atoms with Gasteiger partial charge in [-0.05, 0) is 24.8 Å². The third-order valence-corrected chi connectivity index (χ3v) is 6.75. The van der Waals surface area contributed by atoms with Gasteiger partial charge in [0.2, 0.25) is 0 Å². The molecule has 36 heavy (non-hydrogen) atoms. The van der Waals surface area contributed by atoms with Gasteiger partial charge in [-0.3, -0.25) is 0 Å². The van der Waals surface area contributed by atoms with Crippen molar-refractivity contribution in [1.29, 1.82) is 0 Å². The van der Waals surface area contributed by atoms with E-state index in [1.807, 2.05) is 0 Å². The van der Waals surface area contributed by atoms with Gasteiger partial charge in [-0.25, -0.2) is 9.59 Å². The van der Waals surface area contributed by atoms with E-state index in [2.05, 4.69) is 40.1 Å². The maximum atomic E-state index is 11.8. The minimum atomic E-state index is -0.469. The highest BCUT2D eigenvalue weighted by atomic mass is 79.9. The molecule has 0 bridgehead atoms. The number of hydrogen-bond donors (Lipinski definition) is 2. The number of amides is 2. The molecule has 6 nitrogen and oxygen atoms in total. The lowest BCUT2D eigenvalue weighted by Gasteiger charge is -2.10. The second kappa shape index (κ2) is 28.3. The molecule has 0 atom stereocenters. The van der Waals surface area contributed by atoms with Gasteiger partial charge in [-0.2, -0.15) is 0 Å². The molecule has 0 heterocycles. The molecule has 2 N–H and O–H groups in total. The van der Waals surface area contributed by atoms with Crippen LogP contribution in [0.5, 0.6) is 0 Å². The zero-order chi connectivity index (χ0) is 26.5. The first kappa shape index (κ1) is 34.8. The van der Waals surface area contributed by atoms with Gasteiger partial charge in [-0.1, -0.05) is 132 Å². The second-order valence-electron chi connectivity index (χ2n) is 9.81. The van der Waals surface area contributed by atoms with Crippen molar-refractivity contribution in [2.75, 3.05) is 31.6 Å². The molecular formula is C29H55BrN2O4. The zero-order valence-electron chi connectivity index (χ0n) is 23.2. The summed E-state index contributed by atoms with van der Waals surface area (Å²) in [4.78, 5) is 23.4. The average molecular weight is 576 g/mol. The second-order valence-corrected chi connectivity index (χ2v) is 10.6. The first-order chi connectivity index (χ1) is 17.6. The van der Waals surface area contributed by atoms with Gasteiger partial charge in [0.25, 0.3) is 0 Å². The van der Waals surface area contributed by atoms with E-state index < -0.39 is 12.2 Å². The summed E-state index contributed by atoms with van der Waals surface area (Å²) in [5, 5.41) is 6.45. The monoisotopic (exact) mass is 574 g/mol. The molecule has 212 valence electrons. The Bertz CT molecular complexity index is 531. The molecule has 0 aliphatic carbocycles. The molecule has 0 spiro atoms. The highest BCUT2D eigenvalue weighted by Crippen LogP contribution is 2.13. The molecule has 7 heteroatoms. The van der Waals surface area contributed by atoms with Gasteiger partial charge in [0.05, 0.1) is 0 Å². The normalized spacial score (nSPS) is 10.7. The largest absolute Gasteiger partial charge is 0.445 e. The van der Waals surface area contributed by atoms with Gasteiger partial charge in [0, 0.05) is 18.4 Å². The highest BCUT2D eigenvalue weighted by molar-refractivity contribution is 9.09. The maximum absolute atomic E-state index is 11.8. The summed E-state index contributed by atoms with van der Waals surface area (Å²) >= 11 is 3.38. The van der Waals surface area contributed by atoms with Crippen LogP contribution in [0.3, 0.4) is 0 Å². The fourth-order valence-corrected chi connectivity index (χ4v) is 4.33. The molecule has 0 saturated carbocycles. The van der Waals surface area contributed by atoms with Gasteiger partial charge < -0.3 is 20.1 Å². The van der Waals surface area contributed by atoms with Crippen LogP contribution in [0.2, 0.25) is 0 Å². The number of carbonyl (C=O) groups is 2. The van der Waals surface area contributed by atoms with Crippen LogP contribution in [0, 0.1) is 0 Å². The summed E-state index contributed by atoms with van der Waals surface area (Å²) in [6.45, 7) is 7.36. The minimum absolute atomic E-state index is 0.0413. The van der Waals surface area contributed by atoms with Crippen LogP contribution in [0.1, 0.15) is 129 Å². The van der Waals surface area contributed by atoms with Crippen LogP contribution in [0.4, 0.5) is 9.59 Å². The van der Waals surface area contributed by atoms with Crippen LogP contribution in [-0.4, -0.2) is 43.8 Å². The first-order valence-electron chi connectivity index (χ1n) is 14.6. The van der Waals surface area contributed by atoms with Crippen molar-refractivity contribution >= 4 is 28.1 Å². The van der Waals surface area contributed by atoms with Crippen molar-refractivity contribution in [1.82, 2.24) is 10.6 Å². The van der Waals surface area contributed by atoms with Crippen LogP contribution in [0.25, 0.3) is 0 Å². The predicted octanol–water partition coefficient (Wildman–Crippen LogP) is 8.82. The summed E-state index contributed by atoms with van der Waals surface area (Å²) in [5.41, 5.74) is 0.544. The van der Waals surface area contributed by atoms with Crippen LogP contribution in [-0.2, 0) is 9.47 Å². The number of rotatable bonds is 26. The lowest BCUT2D eigenvalue weighted by atomic mass is 10.0. The Morgan fingerprint density at radius 3 is 1.28 bits per heavy atom. The van der Waals surface area contributed by atoms with Gasteiger partial charge >= 0.3 is 12.2 Å². The Morgan fingerprint density at radius 2 is 0.917 bits per heavy atom. The molecule has 0 aromatic carbocycles. The molecule has 2 amide bonds. The van der Waals surface area contributed by atoms with E-state index in [-0.39, 0.29) is 13.2 Å². The summed E-state index contributed by atoms with van der Waals surface area (Å²) in [6, 6.07) is 0. The molecule has 0 radical (unpaired) electrons. The topological polar surface area (TPSA) is 76.7 Å². The number of hydrogen-bond acceptors (Lipinski definition) is 4. The van der Waals surface area contributed by atoms with Crippen LogP contribution < -0.4 is 10.6 Å². The number of nitrogens with one attached hydrogen (secondary N) is 2. The predicted molar refractivity (Wildman–Crippen MR) is 155 cm³/mol. The summed E-state index contributed by atoms with van der Waals surface area (Å²) in [5.74, 6) is 0. The average Bonchev–Trinajstić information content (AvgIpc) is 2.87. The fourth-order valence-electron chi connectivity index (χ4n) is 3.93. The Hall–Kier alpha value is -1.24. The molecule has 0 aliphatic heterocycles. The molecule has 0 aromatic heterocycles. The summed E-state index contributed by atoms with van der Waals surface area (Å²) < 4.78 is 10.2. The maximum Gasteiger partial charge on any atom is 0.407 e. The van der Waals surface area contributed by atoms with E-state index in [1.165, 1.54) is 89.9 Å². The molecule has 0 saturated heterocycles. The first-order valence-corrected chi connectivity index (χ1v) is 15.8. The quantitative estimate of drug-likeness (QED) is 0.0614. The van der Waals surface area contributed by atoms with E-state index >= 15 is 0 Å².